The lowest BCUT2D eigenvalue weighted by Crippen LogP contribution is -2.05. The van der Waals surface area contributed by atoms with Crippen molar-refractivity contribution in [3.8, 4) is 5.75 Å². The first-order chi connectivity index (χ1) is 7.11. The molecule has 1 rings (SSSR count). The minimum atomic E-state index is -0.481. The molecule has 0 aliphatic heterocycles. The molecule has 3 nitrogen and oxygen atoms in total. The Bertz CT molecular complexity index is 374. The van der Waals surface area contributed by atoms with Crippen molar-refractivity contribution in [2.75, 3.05) is 12.9 Å². The van der Waals surface area contributed by atoms with Crippen LogP contribution in [0.2, 0.25) is 0 Å². The fraction of sp³-hybridized carbons (Fsp3) is 0.364. The molecule has 1 aromatic carbocycles. The van der Waals surface area contributed by atoms with Gasteiger partial charge in [-0.15, -0.1) is 11.8 Å². The van der Waals surface area contributed by atoms with Crippen molar-refractivity contribution < 1.29 is 14.6 Å². The van der Waals surface area contributed by atoms with Crippen LogP contribution in [0.5, 0.6) is 5.75 Å². The molecule has 15 heavy (non-hydrogen) atoms. The Kier molecular flexibility index (Phi) is 4.03. The lowest BCUT2D eigenvalue weighted by atomic mass is 10.1. The van der Waals surface area contributed by atoms with Crippen molar-refractivity contribution in [3.63, 3.8) is 0 Å². The molecule has 0 saturated carbocycles. The zero-order valence-corrected chi connectivity index (χ0v) is 9.85. The van der Waals surface area contributed by atoms with Crippen LogP contribution in [0.4, 0.5) is 0 Å². The largest absolute Gasteiger partial charge is 0.507 e. The normalized spacial score (nSPS) is 10.1. The molecule has 0 aliphatic carbocycles. The lowest BCUT2D eigenvalue weighted by molar-refractivity contribution is 0.0523. The summed E-state index contributed by atoms with van der Waals surface area (Å²) in [5.74, 6) is -0.467. The summed E-state index contributed by atoms with van der Waals surface area (Å²) >= 11 is 1.53. The monoisotopic (exact) mass is 226 g/mol. The van der Waals surface area contributed by atoms with E-state index in [1.54, 1.807) is 19.9 Å². The number of ether oxygens (including phenoxy) is 1. The smallest absolute Gasteiger partial charge is 0.341 e. The van der Waals surface area contributed by atoms with Crippen molar-refractivity contribution in [2.45, 2.75) is 18.7 Å². The van der Waals surface area contributed by atoms with E-state index in [2.05, 4.69) is 0 Å². The first kappa shape index (κ1) is 11.9. The van der Waals surface area contributed by atoms with Crippen LogP contribution in [0.3, 0.4) is 0 Å². The van der Waals surface area contributed by atoms with Crippen LogP contribution >= 0.6 is 11.8 Å². The Morgan fingerprint density at radius 1 is 1.53 bits per heavy atom. The molecule has 0 heterocycles. The summed E-state index contributed by atoms with van der Waals surface area (Å²) < 4.78 is 4.83. The second kappa shape index (κ2) is 5.07. The first-order valence-electron chi connectivity index (χ1n) is 4.65. The van der Waals surface area contributed by atoms with E-state index in [-0.39, 0.29) is 11.3 Å². The van der Waals surface area contributed by atoms with Gasteiger partial charge in [0.1, 0.15) is 11.3 Å². The van der Waals surface area contributed by atoms with Gasteiger partial charge in [-0.3, -0.25) is 0 Å². The topological polar surface area (TPSA) is 46.5 Å². The van der Waals surface area contributed by atoms with Gasteiger partial charge in [-0.1, -0.05) is 0 Å². The maximum atomic E-state index is 11.4. The average Bonchev–Trinajstić information content (AvgIpc) is 2.22. The van der Waals surface area contributed by atoms with Crippen molar-refractivity contribution in [1.29, 1.82) is 0 Å². The van der Waals surface area contributed by atoms with Gasteiger partial charge in [-0.05, 0) is 32.2 Å². The third-order valence-corrected chi connectivity index (χ3v) is 2.98. The van der Waals surface area contributed by atoms with Gasteiger partial charge in [-0.25, -0.2) is 4.79 Å². The number of carbonyl (C=O) groups excluding carboxylic acids is 1. The van der Waals surface area contributed by atoms with Gasteiger partial charge in [0.2, 0.25) is 0 Å². The van der Waals surface area contributed by atoms with E-state index in [0.29, 0.717) is 12.2 Å². The van der Waals surface area contributed by atoms with E-state index in [9.17, 15) is 9.90 Å². The van der Waals surface area contributed by atoms with Gasteiger partial charge in [0.25, 0.3) is 0 Å². The molecule has 1 N–H and O–H groups in total. The number of thioether (sulfide) groups is 1. The van der Waals surface area contributed by atoms with Crippen molar-refractivity contribution >= 4 is 17.7 Å². The highest BCUT2D eigenvalue weighted by atomic mass is 32.2. The number of esters is 1. The Morgan fingerprint density at radius 2 is 2.20 bits per heavy atom. The van der Waals surface area contributed by atoms with Gasteiger partial charge >= 0.3 is 5.97 Å². The van der Waals surface area contributed by atoms with Crippen LogP contribution in [-0.4, -0.2) is 23.9 Å². The summed E-state index contributed by atoms with van der Waals surface area (Å²) in [5.41, 5.74) is 0.945. The molecule has 0 amide bonds. The van der Waals surface area contributed by atoms with Crippen LogP contribution in [-0.2, 0) is 4.74 Å². The van der Waals surface area contributed by atoms with Crippen LogP contribution in [0, 0.1) is 6.92 Å². The number of aromatic hydroxyl groups is 1. The minimum Gasteiger partial charge on any atom is -0.507 e. The van der Waals surface area contributed by atoms with Crippen LogP contribution in [0.1, 0.15) is 22.8 Å². The average molecular weight is 226 g/mol. The third kappa shape index (κ3) is 2.45. The van der Waals surface area contributed by atoms with Gasteiger partial charge in [0, 0.05) is 10.5 Å². The second-order valence-corrected chi connectivity index (χ2v) is 3.86. The van der Waals surface area contributed by atoms with E-state index in [1.807, 2.05) is 12.3 Å². The number of carbonyl (C=O) groups is 1. The first-order valence-corrected chi connectivity index (χ1v) is 5.88. The molecule has 0 bridgehead atoms. The molecular weight excluding hydrogens is 212 g/mol. The minimum absolute atomic E-state index is 0.0142. The van der Waals surface area contributed by atoms with Crippen molar-refractivity contribution in [2.24, 2.45) is 0 Å². The summed E-state index contributed by atoms with van der Waals surface area (Å²) in [7, 11) is 0. The SMILES string of the molecule is CCOC(=O)c1ccc(SC)c(C)c1O. The predicted octanol–water partition coefficient (Wildman–Crippen LogP) is 2.60. The highest BCUT2D eigenvalue weighted by Crippen LogP contribution is 2.30. The Hall–Kier alpha value is -1.16. The second-order valence-electron chi connectivity index (χ2n) is 3.01. The summed E-state index contributed by atoms with van der Waals surface area (Å²) in [6, 6.07) is 3.40. The van der Waals surface area contributed by atoms with E-state index < -0.39 is 5.97 Å². The van der Waals surface area contributed by atoms with E-state index >= 15 is 0 Å². The van der Waals surface area contributed by atoms with Crippen LogP contribution < -0.4 is 0 Å². The van der Waals surface area contributed by atoms with Gasteiger partial charge in [0.15, 0.2) is 0 Å². The van der Waals surface area contributed by atoms with E-state index in [4.69, 9.17) is 4.74 Å². The quantitative estimate of drug-likeness (QED) is 0.635. The Balaban J connectivity index is 3.11. The molecule has 0 aliphatic rings. The molecule has 4 heteroatoms. The molecule has 0 spiro atoms. The number of rotatable bonds is 3. The summed E-state index contributed by atoms with van der Waals surface area (Å²) in [6.45, 7) is 3.82. The molecule has 0 atom stereocenters. The molecule has 0 fully saturated rings. The fourth-order valence-electron chi connectivity index (χ4n) is 1.28. The van der Waals surface area contributed by atoms with E-state index in [1.165, 1.54) is 11.8 Å². The molecule has 0 aromatic heterocycles. The third-order valence-electron chi connectivity index (χ3n) is 2.10. The molecule has 82 valence electrons. The molecule has 0 saturated heterocycles. The lowest BCUT2D eigenvalue weighted by Gasteiger charge is -2.09. The van der Waals surface area contributed by atoms with Crippen LogP contribution in [0.15, 0.2) is 17.0 Å². The van der Waals surface area contributed by atoms with Gasteiger partial charge in [-0.2, -0.15) is 0 Å². The number of hydrogen-bond acceptors (Lipinski definition) is 4. The zero-order valence-electron chi connectivity index (χ0n) is 9.03. The van der Waals surface area contributed by atoms with Gasteiger partial charge < -0.3 is 9.84 Å². The standard InChI is InChI=1S/C11H14O3S/c1-4-14-11(13)8-5-6-9(15-3)7(2)10(8)12/h5-6,12H,4H2,1-3H3. The highest BCUT2D eigenvalue weighted by molar-refractivity contribution is 7.98. The Labute approximate surface area is 93.4 Å². The van der Waals surface area contributed by atoms with Crippen molar-refractivity contribution in [3.05, 3.63) is 23.3 Å². The summed E-state index contributed by atoms with van der Waals surface area (Å²) in [6.07, 6.45) is 1.92. The fourth-order valence-corrected chi connectivity index (χ4v) is 1.88. The Morgan fingerprint density at radius 3 is 2.73 bits per heavy atom. The number of benzene rings is 1. The molecular formula is C11H14O3S. The maximum absolute atomic E-state index is 11.4. The van der Waals surface area contributed by atoms with Gasteiger partial charge in [0.05, 0.1) is 6.61 Å². The van der Waals surface area contributed by atoms with Crippen LogP contribution in [0.25, 0.3) is 0 Å². The highest BCUT2D eigenvalue weighted by Gasteiger charge is 2.15. The molecule has 0 radical (unpaired) electrons. The number of phenols is 1. The van der Waals surface area contributed by atoms with E-state index in [0.717, 1.165) is 4.90 Å². The molecule has 1 aromatic rings. The summed E-state index contributed by atoms with van der Waals surface area (Å²) in [5, 5.41) is 9.79. The number of phenolic OH excluding ortho intramolecular Hbond substituents is 1. The zero-order chi connectivity index (χ0) is 11.4. The molecule has 0 unspecified atom stereocenters. The summed E-state index contributed by atoms with van der Waals surface area (Å²) in [4.78, 5) is 12.4. The van der Waals surface area contributed by atoms with Crippen molar-refractivity contribution in [1.82, 2.24) is 0 Å². The maximum Gasteiger partial charge on any atom is 0.341 e. The number of hydrogen-bond donors (Lipinski definition) is 1. The predicted molar refractivity (Wildman–Crippen MR) is 60.6 cm³/mol.